The van der Waals surface area contributed by atoms with Crippen LogP contribution in [0, 0.1) is 5.82 Å². The van der Waals surface area contributed by atoms with Gasteiger partial charge in [0.2, 0.25) is 5.91 Å². The monoisotopic (exact) mass is 223 g/mol. The molecular formula is C11H10FNO3. The van der Waals surface area contributed by atoms with E-state index >= 15 is 0 Å². The van der Waals surface area contributed by atoms with Crippen molar-refractivity contribution < 1.29 is 18.7 Å². The van der Waals surface area contributed by atoms with Crippen molar-refractivity contribution in [2.24, 2.45) is 0 Å². The second-order valence-corrected chi connectivity index (χ2v) is 3.53. The molecule has 5 heteroatoms. The van der Waals surface area contributed by atoms with Gasteiger partial charge in [-0.25, -0.2) is 4.39 Å². The smallest absolute Gasteiger partial charge is 0.306 e. The molecule has 1 amide bonds. The molecule has 0 spiro atoms. The van der Waals surface area contributed by atoms with Gasteiger partial charge in [0, 0.05) is 0 Å². The molecule has 0 aliphatic carbocycles. The molecule has 1 aliphatic rings. The molecule has 0 aromatic heterocycles. The highest BCUT2D eigenvalue weighted by Crippen LogP contribution is 2.36. The van der Waals surface area contributed by atoms with Crippen LogP contribution in [-0.4, -0.2) is 19.0 Å². The number of amides is 1. The Hall–Kier alpha value is -1.91. The normalized spacial score (nSPS) is 17.9. The Morgan fingerprint density at radius 3 is 3.00 bits per heavy atom. The molecule has 84 valence electrons. The van der Waals surface area contributed by atoms with E-state index in [-0.39, 0.29) is 18.0 Å². The maximum absolute atomic E-state index is 13.3. The number of nitrogens with one attached hydrogen (secondary N) is 1. The Morgan fingerprint density at radius 1 is 1.56 bits per heavy atom. The van der Waals surface area contributed by atoms with E-state index in [1.165, 1.54) is 19.2 Å². The molecule has 1 aromatic carbocycles. The number of rotatable bonds is 2. The molecule has 1 aliphatic heterocycles. The predicted octanol–water partition coefficient (Wildman–Crippen LogP) is 1.42. The van der Waals surface area contributed by atoms with Crippen molar-refractivity contribution in [2.75, 3.05) is 12.4 Å². The fourth-order valence-electron chi connectivity index (χ4n) is 1.77. The molecule has 0 fully saturated rings. The third-order valence-electron chi connectivity index (χ3n) is 2.58. The second kappa shape index (κ2) is 3.92. The highest BCUT2D eigenvalue weighted by molar-refractivity contribution is 6.04. The number of carbonyl (C=O) groups excluding carboxylic acids is 2. The molecule has 0 bridgehead atoms. The highest BCUT2D eigenvalue weighted by Gasteiger charge is 2.34. The number of halogens is 1. The second-order valence-electron chi connectivity index (χ2n) is 3.53. The first-order chi connectivity index (χ1) is 7.63. The summed E-state index contributed by atoms with van der Waals surface area (Å²) in [6.07, 6.45) is -0.0706. The van der Waals surface area contributed by atoms with E-state index in [4.69, 9.17) is 0 Å². The number of ether oxygens (including phenoxy) is 1. The first kappa shape index (κ1) is 10.6. The van der Waals surface area contributed by atoms with Crippen molar-refractivity contribution in [2.45, 2.75) is 12.3 Å². The Labute approximate surface area is 91.4 Å². The SMILES string of the molecule is COC(=O)CC1C(=O)Nc2c(F)cccc21. The summed E-state index contributed by atoms with van der Waals surface area (Å²) in [5.74, 6) is -2.00. The molecule has 0 radical (unpaired) electrons. The van der Waals surface area contributed by atoms with Crippen LogP contribution in [0.2, 0.25) is 0 Å². The van der Waals surface area contributed by atoms with Crippen molar-refractivity contribution in [1.29, 1.82) is 0 Å². The molecule has 16 heavy (non-hydrogen) atoms. The lowest BCUT2D eigenvalue weighted by atomic mass is 9.97. The van der Waals surface area contributed by atoms with Crippen LogP contribution >= 0.6 is 0 Å². The third-order valence-corrected chi connectivity index (χ3v) is 2.58. The number of fused-ring (bicyclic) bond motifs is 1. The minimum Gasteiger partial charge on any atom is -0.469 e. The summed E-state index contributed by atoms with van der Waals surface area (Å²) in [6, 6.07) is 4.41. The van der Waals surface area contributed by atoms with Crippen molar-refractivity contribution in [3.8, 4) is 0 Å². The zero-order valence-electron chi connectivity index (χ0n) is 8.62. The van der Waals surface area contributed by atoms with E-state index in [0.29, 0.717) is 5.56 Å². The summed E-state index contributed by atoms with van der Waals surface area (Å²) >= 11 is 0. The van der Waals surface area contributed by atoms with Gasteiger partial charge in [0.15, 0.2) is 0 Å². The van der Waals surface area contributed by atoms with Crippen LogP contribution in [0.5, 0.6) is 0 Å². The molecular weight excluding hydrogens is 213 g/mol. The van der Waals surface area contributed by atoms with Crippen LogP contribution in [0.1, 0.15) is 17.9 Å². The summed E-state index contributed by atoms with van der Waals surface area (Å²) in [4.78, 5) is 22.7. The Kier molecular flexibility index (Phi) is 2.60. The van der Waals surface area contributed by atoms with Gasteiger partial charge in [-0.15, -0.1) is 0 Å². The zero-order valence-corrected chi connectivity index (χ0v) is 8.62. The topological polar surface area (TPSA) is 55.4 Å². The average molecular weight is 223 g/mol. The van der Waals surface area contributed by atoms with Crippen LogP contribution < -0.4 is 5.32 Å². The van der Waals surface area contributed by atoms with Crippen molar-refractivity contribution >= 4 is 17.6 Å². The Bertz CT molecular complexity index is 459. The number of hydrogen-bond donors (Lipinski definition) is 1. The summed E-state index contributed by atoms with van der Waals surface area (Å²) in [5.41, 5.74) is 0.678. The summed E-state index contributed by atoms with van der Waals surface area (Å²) < 4.78 is 17.8. The van der Waals surface area contributed by atoms with E-state index in [9.17, 15) is 14.0 Å². The van der Waals surface area contributed by atoms with Crippen LogP contribution in [0.3, 0.4) is 0 Å². The lowest BCUT2D eigenvalue weighted by Gasteiger charge is -2.06. The first-order valence-electron chi connectivity index (χ1n) is 4.79. The maximum atomic E-state index is 13.3. The van der Waals surface area contributed by atoms with E-state index < -0.39 is 17.7 Å². The fourth-order valence-corrected chi connectivity index (χ4v) is 1.77. The molecule has 2 rings (SSSR count). The van der Waals surface area contributed by atoms with Crippen molar-refractivity contribution in [3.63, 3.8) is 0 Å². The summed E-state index contributed by atoms with van der Waals surface area (Å²) in [7, 11) is 1.25. The van der Waals surface area contributed by atoms with Gasteiger partial charge in [0.1, 0.15) is 5.82 Å². The molecule has 1 heterocycles. The maximum Gasteiger partial charge on any atom is 0.306 e. The number of para-hydroxylation sites is 1. The number of anilines is 1. The lowest BCUT2D eigenvalue weighted by Crippen LogP contribution is -2.16. The zero-order chi connectivity index (χ0) is 11.7. The number of carbonyl (C=O) groups is 2. The van der Waals surface area contributed by atoms with E-state index in [1.807, 2.05) is 0 Å². The van der Waals surface area contributed by atoms with Gasteiger partial charge in [0.25, 0.3) is 0 Å². The molecule has 4 nitrogen and oxygen atoms in total. The highest BCUT2D eigenvalue weighted by atomic mass is 19.1. The van der Waals surface area contributed by atoms with Gasteiger partial charge in [0.05, 0.1) is 25.1 Å². The quantitative estimate of drug-likeness (QED) is 0.771. The molecule has 1 aromatic rings. The largest absolute Gasteiger partial charge is 0.469 e. The summed E-state index contributed by atoms with van der Waals surface area (Å²) in [5, 5.41) is 2.42. The van der Waals surface area contributed by atoms with Gasteiger partial charge in [-0.3, -0.25) is 9.59 Å². The molecule has 0 saturated carbocycles. The van der Waals surface area contributed by atoms with Gasteiger partial charge in [-0.05, 0) is 11.6 Å². The van der Waals surface area contributed by atoms with Gasteiger partial charge in [-0.2, -0.15) is 0 Å². The number of hydrogen-bond acceptors (Lipinski definition) is 3. The van der Waals surface area contributed by atoms with Crippen LogP contribution in [0.15, 0.2) is 18.2 Å². The van der Waals surface area contributed by atoms with E-state index in [2.05, 4.69) is 10.1 Å². The van der Waals surface area contributed by atoms with Gasteiger partial charge < -0.3 is 10.1 Å². The van der Waals surface area contributed by atoms with Crippen LogP contribution in [0.25, 0.3) is 0 Å². The lowest BCUT2D eigenvalue weighted by molar-refractivity contribution is -0.142. The van der Waals surface area contributed by atoms with Crippen LogP contribution in [-0.2, 0) is 14.3 Å². The van der Waals surface area contributed by atoms with Gasteiger partial charge >= 0.3 is 5.97 Å². The fraction of sp³-hybridized carbons (Fsp3) is 0.273. The summed E-state index contributed by atoms with van der Waals surface area (Å²) in [6.45, 7) is 0. The van der Waals surface area contributed by atoms with Crippen molar-refractivity contribution in [3.05, 3.63) is 29.6 Å². The number of methoxy groups -OCH3 is 1. The van der Waals surface area contributed by atoms with E-state index in [0.717, 1.165) is 0 Å². The van der Waals surface area contributed by atoms with Crippen molar-refractivity contribution in [1.82, 2.24) is 0 Å². The molecule has 1 N–H and O–H groups in total. The predicted molar refractivity (Wildman–Crippen MR) is 54.4 cm³/mol. The average Bonchev–Trinajstić information content (AvgIpc) is 2.58. The molecule has 1 atom stereocenters. The molecule has 0 saturated heterocycles. The molecule has 1 unspecified atom stereocenters. The van der Waals surface area contributed by atoms with E-state index in [1.54, 1.807) is 6.07 Å². The van der Waals surface area contributed by atoms with Crippen LogP contribution in [0.4, 0.5) is 10.1 Å². The number of esters is 1. The Balaban J connectivity index is 2.33. The first-order valence-corrected chi connectivity index (χ1v) is 4.79. The number of benzene rings is 1. The minimum absolute atomic E-state index is 0.0706. The third kappa shape index (κ3) is 1.64. The minimum atomic E-state index is -0.654. The standard InChI is InChI=1S/C11H10FNO3/c1-16-9(14)5-7-6-3-2-4-8(12)10(6)13-11(7)15/h2-4,7H,5H2,1H3,(H,13,15). The van der Waals surface area contributed by atoms with Gasteiger partial charge in [-0.1, -0.05) is 12.1 Å². The Morgan fingerprint density at radius 2 is 2.31 bits per heavy atom.